The van der Waals surface area contributed by atoms with Crippen LogP contribution >= 0.6 is 0 Å². The number of ether oxygens (including phenoxy) is 1. The van der Waals surface area contributed by atoms with Crippen LogP contribution in [0.4, 0.5) is 0 Å². The summed E-state index contributed by atoms with van der Waals surface area (Å²) in [6, 6.07) is 3.23. The van der Waals surface area contributed by atoms with Crippen molar-refractivity contribution in [1.82, 2.24) is 4.57 Å². The van der Waals surface area contributed by atoms with E-state index in [4.69, 9.17) is 14.0 Å². The molecule has 2 heterocycles. The van der Waals surface area contributed by atoms with Gasteiger partial charge in [0.25, 0.3) is 5.56 Å². The first-order valence-corrected chi connectivity index (χ1v) is 6.32. The number of hydrogen-bond acceptors (Lipinski definition) is 4. The topological polar surface area (TPSA) is 49.7 Å². The first-order valence-electron chi connectivity index (χ1n) is 6.32. The lowest BCUT2D eigenvalue weighted by molar-refractivity contribution is 0.00578. The minimum absolute atomic E-state index is 0.109. The Hall–Kier alpha value is -1.11. The summed E-state index contributed by atoms with van der Waals surface area (Å²) >= 11 is 0. The second kappa shape index (κ2) is 4.78. The van der Waals surface area contributed by atoms with Gasteiger partial charge in [-0.25, -0.2) is 0 Å². The van der Waals surface area contributed by atoms with Gasteiger partial charge < -0.3 is 14.0 Å². The van der Waals surface area contributed by atoms with E-state index >= 15 is 0 Å². The quantitative estimate of drug-likeness (QED) is 0.757. The smallest absolute Gasteiger partial charge is 0.399 e. The Labute approximate surface area is 113 Å². The summed E-state index contributed by atoms with van der Waals surface area (Å²) in [5.74, 6) is 0. The fraction of sp³-hybridized carbons (Fsp3) is 0.615. The number of aromatic nitrogens is 1. The van der Waals surface area contributed by atoms with Crippen LogP contribution in [0, 0.1) is 0 Å². The summed E-state index contributed by atoms with van der Waals surface area (Å²) in [4.78, 5) is 11.6. The second-order valence-electron chi connectivity index (χ2n) is 5.78. The van der Waals surface area contributed by atoms with Crippen molar-refractivity contribution in [3.63, 3.8) is 0 Å². The molecule has 1 aliphatic rings. The first-order chi connectivity index (χ1) is 8.77. The van der Waals surface area contributed by atoms with Crippen molar-refractivity contribution in [3.05, 3.63) is 28.7 Å². The van der Waals surface area contributed by atoms with E-state index in [1.807, 2.05) is 27.7 Å². The molecule has 0 atom stereocenters. The fourth-order valence-electron chi connectivity index (χ4n) is 1.91. The van der Waals surface area contributed by atoms with Crippen molar-refractivity contribution in [3.8, 4) is 0 Å². The molecule has 1 aromatic rings. The Morgan fingerprint density at radius 2 is 1.79 bits per heavy atom. The van der Waals surface area contributed by atoms with Crippen molar-refractivity contribution in [2.24, 2.45) is 0 Å². The molecule has 2 rings (SSSR count). The van der Waals surface area contributed by atoms with Gasteiger partial charge in [-0.2, -0.15) is 0 Å². The third kappa shape index (κ3) is 2.61. The van der Waals surface area contributed by atoms with Crippen LogP contribution in [-0.4, -0.2) is 30.0 Å². The maximum absolute atomic E-state index is 11.6. The lowest BCUT2D eigenvalue weighted by Crippen LogP contribution is -2.41. The Morgan fingerprint density at radius 1 is 1.21 bits per heavy atom. The monoisotopic (exact) mass is 265 g/mol. The molecular formula is C13H20BNO4. The third-order valence-corrected chi connectivity index (χ3v) is 3.80. The van der Waals surface area contributed by atoms with Gasteiger partial charge in [-0.1, -0.05) is 6.07 Å². The lowest BCUT2D eigenvalue weighted by atomic mass is 9.80. The predicted molar refractivity (Wildman–Crippen MR) is 73.4 cm³/mol. The van der Waals surface area contributed by atoms with E-state index < -0.39 is 7.12 Å². The molecule has 19 heavy (non-hydrogen) atoms. The highest BCUT2D eigenvalue weighted by Gasteiger charge is 2.51. The van der Waals surface area contributed by atoms with E-state index in [-0.39, 0.29) is 23.5 Å². The van der Waals surface area contributed by atoms with Crippen LogP contribution in [0.5, 0.6) is 0 Å². The van der Waals surface area contributed by atoms with E-state index in [0.717, 1.165) is 5.46 Å². The number of nitrogens with zero attached hydrogens (tertiary/aromatic N) is 1. The molecule has 0 saturated carbocycles. The average molecular weight is 265 g/mol. The van der Waals surface area contributed by atoms with Gasteiger partial charge in [0.05, 0.1) is 11.2 Å². The van der Waals surface area contributed by atoms with Crippen LogP contribution in [0.3, 0.4) is 0 Å². The molecule has 104 valence electrons. The molecule has 1 aromatic heterocycles. The summed E-state index contributed by atoms with van der Waals surface area (Å²) in [6.07, 6.45) is 1.72. The number of methoxy groups -OCH3 is 1. The van der Waals surface area contributed by atoms with Crippen LogP contribution in [0.1, 0.15) is 27.7 Å². The highest BCUT2D eigenvalue weighted by atomic mass is 16.7. The highest BCUT2D eigenvalue weighted by molar-refractivity contribution is 6.62. The zero-order chi connectivity index (χ0) is 14.3. The minimum atomic E-state index is -0.464. The third-order valence-electron chi connectivity index (χ3n) is 3.80. The van der Waals surface area contributed by atoms with Gasteiger partial charge in [0.15, 0.2) is 0 Å². The lowest BCUT2D eigenvalue weighted by Gasteiger charge is -2.32. The molecule has 1 aliphatic heterocycles. The molecule has 0 amide bonds. The summed E-state index contributed by atoms with van der Waals surface area (Å²) < 4.78 is 18.4. The average Bonchev–Trinajstić information content (AvgIpc) is 2.51. The highest BCUT2D eigenvalue weighted by Crippen LogP contribution is 2.36. The zero-order valence-electron chi connectivity index (χ0n) is 12.1. The fourth-order valence-corrected chi connectivity index (χ4v) is 1.91. The second-order valence-corrected chi connectivity index (χ2v) is 5.78. The summed E-state index contributed by atoms with van der Waals surface area (Å²) in [5.41, 5.74) is -0.0721. The van der Waals surface area contributed by atoms with Crippen LogP contribution in [0.2, 0.25) is 0 Å². The molecule has 0 aromatic carbocycles. The minimum Gasteiger partial charge on any atom is -0.399 e. The molecular weight excluding hydrogens is 245 g/mol. The van der Waals surface area contributed by atoms with Crippen molar-refractivity contribution < 1.29 is 14.0 Å². The Morgan fingerprint density at radius 3 is 2.32 bits per heavy atom. The van der Waals surface area contributed by atoms with E-state index in [0.29, 0.717) is 0 Å². The standard InChI is InChI=1S/C13H20BNO4/c1-12(2)13(3,4)19-14(18-12)10-6-7-11(16)15(8-10)9-17-5/h6-8H,9H2,1-5H3. The van der Waals surface area contributed by atoms with E-state index in [9.17, 15) is 4.79 Å². The molecule has 1 fully saturated rings. The maximum atomic E-state index is 11.6. The Bertz CT molecular complexity index is 508. The summed E-state index contributed by atoms with van der Waals surface area (Å²) in [6.45, 7) is 8.21. The summed E-state index contributed by atoms with van der Waals surface area (Å²) in [5, 5.41) is 0. The number of rotatable bonds is 3. The van der Waals surface area contributed by atoms with Crippen LogP contribution in [-0.2, 0) is 20.8 Å². The van der Waals surface area contributed by atoms with Crippen LogP contribution < -0.4 is 11.0 Å². The van der Waals surface area contributed by atoms with Gasteiger partial charge in [0.2, 0.25) is 0 Å². The van der Waals surface area contributed by atoms with E-state index in [1.165, 1.54) is 10.6 Å². The van der Waals surface area contributed by atoms with Gasteiger partial charge in [-0.3, -0.25) is 9.36 Å². The number of hydrogen-bond donors (Lipinski definition) is 0. The molecule has 0 radical (unpaired) electrons. The van der Waals surface area contributed by atoms with Gasteiger partial charge in [-0.05, 0) is 33.2 Å². The molecule has 1 saturated heterocycles. The Kier molecular flexibility index (Phi) is 3.60. The molecule has 0 spiro atoms. The van der Waals surface area contributed by atoms with Gasteiger partial charge >= 0.3 is 7.12 Å². The van der Waals surface area contributed by atoms with E-state index in [1.54, 1.807) is 19.4 Å². The van der Waals surface area contributed by atoms with Crippen molar-refractivity contribution in [1.29, 1.82) is 0 Å². The molecule has 5 nitrogen and oxygen atoms in total. The van der Waals surface area contributed by atoms with Crippen LogP contribution in [0.15, 0.2) is 23.1 Å². The zero-order valence-corrected chi connectivity index (χ0v) is 12.1. The van der Waals surface area contributed by atoms with Gasteiger partial charge in [-0.15, -0.1) is 0 Å². The maximum Gasteiger partial charge on any atom is 0.496 e. The number of pyridine rings is 1. The molecule has 0 unspecified atom stereocenters. The molecule has 0 bridgehead atoms. The summed E-state index contributed by atoms with van der Waals surface area (Å²) in [7, 11) is 1.09. The van der Waals surface area contributed by atoms with Gasteiger partial charge in [0, 0.05) is 19.4 Å². The van der Waals surface area contributed by atoms with Crippen molar-refractivity contribution >= 4 is 12.6 Å². The normalized spacial score (nSPS) is 20.8. The molecule has 0 N–H and O–H groups in total. The SMILES string of the molecule is COCn1cc(B2OC(C)(C)C(C)(C)O2)ccc1=O. The van der Waals surface area contributed by atoms with Crippen LogP contribution in [0.25, 0.3) is 0 Å². The largest absolute Gasteiger partial charge is 0.496 e. The first kappa shape index (κ1) is 14.3. The van der Waals surface area contributed by atoms with Crippen molar-refractivity contribution in [2.45, 2.75) is 45.6 Å². The molecule has 0 aliphatic carbocycles. The van der Waals surface area contributed by atoms with Gasteiger partial charge in [0.1, 0.15) is 6.73 Å². The van der Waals surface area contributed by atoms with E-state index in [2.05, 4.69) is 0 Å². The molecule has 6 heteroatoms. The predicted octanol–water partition coefficient (Wildman–Crippen LogP) is 0.751. The van der Waals surface area contributed by atoms with Crippen molar-refractivity contribution in [2.75, 3.05) is 7.11 Å². The Balaban J connectivity index is 2.30.